The molecule has 0 radical (unpaired) electrons. The van der Waals surface area contributed by atoms with Gasteiger partial charge in [-0.1, -0.05) is 6.92 Å². The molecule has 0 spiro atoms. The van der Waals surface area contributed by atoms with Crippen molar-refractivity contribution in [3.05, 3.63) is 24.0 Å². The molecule has 2 heterocycles. The van der Waals surface area contributed by atoms with E-state index in [2.05, 4.69) is 17.1 Å². The summed E-state index contributed by atoms with van der Waals surface area (Å²) in [5.74, 6) is 0.157. The molecular formula is C16H27N3O2. The third-order valence-electron chi connectivity index (χ3n) is 4.06. The summed E-state index contributed by atoms with van der Waals surface area (Å²) < 4.78 is 7.12. The molecule has 5 heteroatoms. The number of ether oxygens (including phenoxy) is 1. The molecule has 118 valence electrons. The Balaban J connectivity index is 2.11. The summed E-state index contributed by atoms with van der Waals surface area (Å²) in [5.41, 5.74) is 0.777. The van der Waals surface area contributed by atoms with Gasteiger partial charge >= 0.3 is 0 Å². The highest BCUT2D eigenvalue weighted by Gasteiger charge is 2.26. The third-order valence-corrected chi connectivity index (χ3v) is 4.06. The lowest BCUT2D eigenvalue weighted by atomic mass is 10.0. The van der Waals surface area contributed by atoms with Gasteiger partial charge in [0.2, 0.25) is 0 Å². The summed E-state index contributed by atoms with van der Waals surface area (Å²) in [6.45, 7) is 6.31. The monoisotopic (exact) mass is 293 g/mol. The molecule has 2 rings (SSSR count). The van der Waals surface area contributed by atoms with Gasteiger partial charge < -0.3 is 19.5 Å². The Morgan fingerprint density at radius 1 is 1.48 bits per heavy atom. The van der Waals surface area contributed by atoms with Crippen molar-refractivity contribution in [1.82, 2.24) is 14.8 Å². The minimum atomic E-state index is 0.157. The zero-order chi connectivity index (χ0) is 15.1. The number of aromatic nitrogens is 1. The molecular weight excluding hydrogens is 266 g/mol. The quantitative estimate of drug-likeness (QED) is 0.833. The van der Waals surface area contributed by atoms with Crippen LogP contribution in [0.5, 0.6) is 0 Å². The van der Waals surface area contributed by atoms with Gasteiger partial charge in [-0.25, -0.2) is 0 Å². The molecule has 1 saturated heterocycles. The highest BCUT2D eigenvalue weighted by Crippen LogP contribution is 2.17. The smallest absolute Gasteiger partial charge is 0.270 e. The van der Waals surface area contributed by atoms with Gasteiger partial charge in [-0.15, -0.1) is 0 Å². The van der Waals surface area contributed by atoms with Crippen molar-refractivity contribution in [3.63, 3.8) is 0 Å². The normalized spacial score (nSPS) is 16.1. The van der Waals surface area contributed by atoms with Crippen LogP contribution in [0.2, 0.25) is 0 Å². The number of amides is 1. The lowest BCUT2D eigenvalue weighted by Crippen LogP contribution is -2.47. The molecule has 0 unspecified atom stereocenters. The number of hydrogen-bond acceptors (Lipinski definition) is 3. The maximum Gasteiger partial charge on any atom is 0.270 e. The molecule has 0 aliphatic carbocycles. The fraction of sp³-hybridized carbons (Fsp3) is 0.688. The van der Waals surface area contributed by atoms with Crippen molar-refractivity contribution >= 4 is 5.91 Å². The number of methoxy groups -OCH3 is 1. The van der Waals surface area contributed by atoms with Gasteiger partial charge in [0.05, 0.1) is 6.61 Å². The predicted octanol–water partition coefficient (Wildman–Crippen LogP) is 1.74. The average molecular weight is 293 g/mol. The molecule has 1 fully saturated rings. The van der Waals surface area contributed by atoms with Crippen LogP contribution in [0, 0.1) is 0 Å². The van der Waals surface area contributed by atoms with Gasteiger partial charge in [0.15, 0.2) is 0 Å². The van der Waals surface area contributed by atoms with E-state index < -0.39 is 0 Å². The highest BCUT2D eigenvalue weighted by atomic mass is 16.5. The molecule has 1 aromatic heterocycles. The Bertz CT molecular complexity index is 438. The van der Waals surface area contributed by atoms with E-state index in [0.717, 1.165) is 51.1 Å². The van der Waals surface area contributed by atoms with Gasteiger partial charge in [-0.2, -0.15) is 0 Å². The van der Waals surface area contributed by atoms with Crippen LogP contribution in [0.25, 0.3) is 0 Å². The van der Waals surface area contributed by atoms with E-state index in [9.17, 15) is 4.79 Å². The van der Waals surface area contributed by atoms with Gasteiger partial charge in [-0.3, -0.25) is 4.79 Å². The number of carbonyl (C=O) groups excluding carboxylic acids is 1. The minimum absolute atomic E-state index is 0.157. The van der Waals surface area contributed by atoms with Crippen LogP contribution in [-0.2, 0) is 11.3 Å². The summed E-state index contributed by atoms with van der Waals surface area (Å²) in [4.78, 5) is 15.0. The van der Waals surface area contributed by atoms with Crippen LogP contribution in [0.3, 0.4) is 0 Å². The van der Waals surface area contributed by atoms with Crippen LogP contribution in [0.4, 0.5) is 0 Å². The molecule has 1 aromatic rings. The van der Waals surface area contributed by atoms with Gasteiger partial charge in [0, 0.05) is 32.4 Å². The first-order valence-corrected chi connectivity index (χ1v) is 7.93. The first-order valence-electron chi connectivity index (χ1n) is 7.93. The zero-order valence-corrected chi connectivity index (χ0v) is 13.2. The fourth-order valence-corrected chi connectivity index (χ4v) is 2.95. The average Bonchev–Trinajstić information content (AvgIpc) is 2.99. The maximum absolute atomic E-state index is 12.9. The molecule has 1 aliphatic heterocycles. The van der Waals surface area contributed by atoms with Crippen molar-refractivity contribution in [1.29, 1.82) is 0 Å². The molecule has 1 amide bonds. The molecule has 5 nitrogen and oxygen atoms in total. The van der Waals surface area contributed by atoms with E-state index >= 15 is 0 Å². The Labute approximate surface area is 127 Å². The number of carbonyl (C=O) groups is 1. The SMILES string of the molecule is CCCN(C(=O)c1cccn1CCOC)C1CCNCC1. The van der Waals surface area contributed by atoms with Crippen molar-refractivity contribution < 1.29 is 9.53 Å². The summed E-state index contributed by atoms with van der Waals surface area (Å²) in [5, 5.41) is 3.36. The standard InChI is InChI=1S/C16H27N3O2/c1-3-10-19(14-6-8-17-9-7-14)16(20)15-5-4-11-18(15)12-13-21-2/h4-5,11,14,17H,3,6-10,12-13H2,1-2H3. The van der Waals surface area contributed by atoms with Gasteiger partial charge in [-0.05, 0) is 44.5 Å². The van der Waals surface area contributed by atoms with Crippen molar-refractivity contribution in [2.45, 2.75) is 38.8 Å². The van der Waals surface area contributed by atoms with Crippen molar-refractivity contribution in [3.8, 4) is 0 Å². The largest absolute Gasteiger partial charge is 0.383 e. The van der Waals surface area contributed by atoms with E-state index in [1.165, 1.54) is 0 Å². The fourth-order valence-electron chi connectivity index (χ4n) is 2.95. The van der Waals surface area contributed by atoms with Crippen LogP contribution < -0.4 is 5.32 Å². The first-order chi connectivity index (χ1) is 10.3. The molecule has 0 bridgehead atoms. The highest BCUT2D eigenvalue weighted by molar-refractivity contribution is 5.93. The Kier molecular flexibility index (Phi) is 6.26. The van der Waals surface area contributed by atoms with Gasteiger partial charge in [0.1, 0.15) is 5.69 Å². The Morgan fingerprint density at radius 3 is 2.90 bits per heavy atom. The van der Waals surface area contributed by atoms with Crippen LogP contribution >= 0.6 is 0 Å². The van der Waals surface area contributed by atoms with Crippen LogP contribution in [0.15, 0.2) is 18.3 Å². The summed E-state index contributed by atoms with van der Waals surface area (Å²) in [6.07, 6.45) is 5.04. The second-order valence-electron chi connectivity index (χ2n) is 5.56. The Morgan fingerprint density at radius 2 is 2.24 bits per heavy atom. The zero-order valence-electron chi connectivity index (χ0n) is 13.2. The van der Waals surface area contributed by atoms with E-state index in [1.54, 1.807) is 7.11 Å². The van der Waals surface area contributed by atoms with E-state index in [4.69, 9.17) is 4.74 Å². The molecule has 0 saturated carbocycles. The number of nitrogens with one attached hydrogen (secondary N) is 1. The summed E-state index contributed by atoms with van der Waals surface area (Å²) in [7, 11) is 1.68. The van der Waals surface area contributed by atoms with Crippen LogP contribution in [-0.4, -0.2) is 54.8 Å². The lowest BCUT2D eigenvalue weighted by molar-refractivity contribution is 0.0629. The number of rotatable bonds is 7. The number of piperidine rings is 1. The summed E-state index contributed by atoms with van der Waals surface area (Å²) >= 11 is 0. The molecule has 21 heavy (non-hydrogen) atoms. The lowest BCUT2D eigenvalue weighted by Gasteiger charge is -2.34. The number of hydrogen-bond donors (Lipinski definition) is 1. The first kappa shape index (κ1) is 16.0. The number of nitrogens with zero attached hydrogens (tertiary/aromatic N) is 2. The van der Waals surface area contributed by atoms with Gasteiger partial charge in [0.25, 0.3) is 5.91 Å². The summed E-state index contributed by atoms with van der Waals surface area (Å²) in [6, 6.07) is 4.22. The molecule has 1 aliphatic rings. The van der Waals surface area contributed by atoms with Crippen LogP contribution in [0.1, 0.15) is 36.7 Å². The molecule has 0 aromatic carbocycles. The van der Waals surface area contributed by atoms with Crippen molar-refractivity contribution in [2.24, 2.45) is 0 Å². The minimum Gasteiger partial charge on any atom is -0.383 e. The third kappa shape index (κ3) is 4.08. The van der Waals surface area contributed by atoms with E-state index in [-0.39, 0.29) is 5.91 Å². The maximum atomic E-state index is 12.9. The van der Waals surface area contributed by atoms with E-state index in [0.29, 0.717) is 12.6 Å². The second-order valence-corrected chi connectivity index (χ2v) is 5.56. The molecule has 1 N–H and O–H groups in total. The Hall–Kier alpha value is -1.33. The topological polar surface area (TPSA) is 46.5 Å². The molecule has 0 atom stereocenters. The van der Waals surface area contributed by atoms with Crippen molar-refractivity contribution in [2.75, 3.05) is 33.4 Å². The predicted molar refractivity (Wildman–Crippen MR) is 83.5 cm³/mol. The van der Waals surface area contributed by atoms with E-state index in [1.807, 2.05) is 22.9 Å². The second kappa shape index (κ2) is 8.20.